The van der Waals surface area contributed by atoms with Gasteiger partial charge in [-0.3, -0.25) is 0 Å². The molecule has 1 aromatic heterocycles. The number of nitrogens with two attached hydrogens (primary N) is 1. The lowest BCUT2D eigenvalue weighted by atomic mass is 9.85. The lowest BCUT2D eigenvalue weighted by Gasteiger charge is -2.25. The number of benzene rings is 1. The highest BCUT2D eigenvalue weighted by Crippen LogP contribution is 2.28. The summed E-state index contributed by atoms with van der Waals surface area (Å²) in [6.07, 6.45) is 3.98. The van der Waals surface area contributed by atoms with Gasteiger partial charge in [-0.1, -0.05) is 36.8 Å². The van der Waals surface area contributed by atoms with Crippen LogP contribution in [0.15, 0.2) is 35.3 Å². The molecule has 5 heteroatoms. The maximum absolute atomic E-state index is 5.94. The first kappa shape index (κ1) is 15.0. The molecule has 1 saturated carbocycles. The van der Waals surface area contributed by atoms with Gasteiger partial charge in [0.2, 0.25) is 0 Å². The fourth-order valence-electron chi connectivity index (χ4n) is 2.44. The molecule has 0 unspecified atom stereocenters. The number of hydrogen-bond donors (Lipinski definition) is 2. The Labute approximate surface area is 135 Å². The maximum atomic E-state index is 5.94. The van der Waals surface area contributed by atoms with Crippen LogP contribution in [0.3, 0.4) is 0 Å². The van der Waals surface area contributed by atoms with Gasteiger partial charge in [0.1, 0.15) is 5.01 Å². The zero-order chi connectivity index (χ0) is 15.4. The summed E-state index contributed by atoms with van der Waals surface area (Å²) in [5.41, 5.74) is 8.14. The first-order valence-electron chi connectivity index (χ1n) is 7.78. The summed E-state index contributed by atoms with van der Waals surface area (Å²) in [5.74, 6) is 1.32. The van der Waals surface area contributed by atoms with Crippen molar-refractivity contribution in [3.05, 3.63) is 40.9 Å². The minimum absolute atomic E-state index is 0.543. The molecule has 0 saturated heterocycles. The Balaban J connectivity index is 1.61. The van der Waals surface area contributed by atoms with Crippen LogP contribution in [-0.2, 0) is 6.54 Å². The van der Waals surface area contributed by atoms with Crippen LogP contribution in [0.2, 0.25) is 0 Å². The molecule has 22 heavy (non-hydrogen) atoms. The van der Waals surface area contributed by atoms with Gasteiger partial charge in [0.25, 0.3) is 0 Å². The maximum Gasteiger partial charge on any atom is 0.188 e. The van der Waals surface area contributed by atoms with E-state index in [4.69, 9.17) is 5.73 Å². The Hall–Kier alpha value is -1.88. The number of nitrogens with one attached hydrogen (secondary N) is 1. The molecule has 1 aliphatic carbocycles. The van der Waals surface area contributed by atoms with Gasteiger partial charge in [0.05, 0.1) is 12.2 Å². The van der Waals surface area contributed by atoms with Crippen LogP contribution in [0, 0.1) is 12.8 Å². The van der Waals surface area contributed by atoms with E-state index in [1.807, 2.05) is 25.1 Å². The average Bonchev–Trinajstić information content (AvgIpc) is 2.86. The predicted octanol–water partition coefficient (Wildman–Crippen LogP) is 3.32. The van der Waals surface area contributed by atoms with Gasteiger partial charge in [-0.2, -0.15) is 0 Å². The molecule has 1 heterocycles. The van der Waals surface area contributed by atoms with Crippen molar-refractivity contribution in [3.8, 4) is 10.6 Å². The van der Waals surface area contributed by atoms with Crippen LogP contribution in [-0.4, -0.2) is 17.5 Å². The summed E-state index contributed by atoms with van der Waals surface area (Å²) in [4.78, 5) is 10.3. The monoisotopic (exact) mass is 314 g/mol. The number of aryl methyl sites for hydroxylation is 1. The van der Waals surface area contributed by atoms with Crippen molar-refractivity contribution in [2.45, 2.75) is 32.7 Å². The SMILES string of the molecule is Cc1nc(-c2ccccc2)sc1CN=C(N)NCC1CCC1. The molecule has 0 aliphatic heterocycles. The third kappa shape index (κ3) is 3.65. The molecule has 2 aromatic rings. The molecular formula is C17H22N4S. The van der Waals surface area contributed by atoms with Gasteiger partial charge in [-0.15, -0.1) is 11.3 Å². The van der Waals surface area contributed by atoms with Gasteiger partial charge in [0.15, 0.2) is 5.96 Å². The van der Waals surface area contributed by atoms with Crippen LogP contribution < -0.4 is 11.1 Å². The van der Waals surface area contributed by atoms with Gasteiger partial charge >= 0.3 is 0 Å². The highest BCUT2D eigenvalue weighted by atomic mass is 32.1. The first-order valence-corrected chi connectivity index (χ1v) is 8.59. The molecule has 0 radical (unpaired) electrons. The Kier molecular flexibility index (Phi) is 4.73. The lowest BCUT2D eigenvalue weighted by molar-refractivity contribution is 0.315. The molecule has 4 nitrogen and oxygen atoms in total. The van der Waals surface area contributed by atoms with E-state index in [1.54, 1.807) is 11.3 Å². The fourth-order valence-corrected chi connectivity index (χ4v) is 3.43. The van der Waals surface area contributed by atoms with E-state index < -0.39 is 0 Å². The van der Waals surface area contributed by atoms with Crippen molar-refractivity contribution in [3.63, 3.8) is 0 Å². The molecule has 0 amide bonds. The van der Waals surface area contributed by atoms with Gasteiger partial charge in [-0.05, 0) is 25.7 Å². The number of thiazole rings is 1. The van der Waals surface area contributed by atoms with Crippen LogP contribution in [0.25, 0.3) is 10.6 Å². The van der Waals surface area contributed by atoms with Crippen LogP contribution in [0.4, 0.5) is 0 Å². The van der Waals surface area contributed by atoms with Gasteiger partial charge in [-0.25, -0.2) is 9.98 Å². The molecule has 1 aliphatic rings. The van der Waals surface area contributed by atoms with Crippen LogP contribution in [0.5, 0.6) is 0 Å². The van der Waals surface area contributed by atoms with Crippen molar-refractivity contribution in [2.24, 2.45) is 16.6 Å². The second-order valence-electron chi connectivity index (χ2n) is 5.77. The van der Waals surface area contributed by atoms with E-state index in [9.17, 15) is 0 Å². The molecule has 116 valence electrons. The minimum Gasteiger partial charge on any atom is -0.370 e. The van der Waals surface area contributed by atoms with Gasteiger partial charge in [0, 0.05) is 17.0 Å². The largest absolute Gasteiger partial charge is 0.370 e. The second-order valence-corrected chi connectivity index (χ2v) is 6.86. The number of rotatable bonds is 5. The quantitative estimate of drug-likeness (QED) is 0.657. The van der Waals surface area contributed by atoms with Crippen LogP contribution >= 0.6 is 11.3 Å². The molecule has 0 bridgehead atoms. The number of hydrogen-bond acceptors (Lipinski definition) is 3. The lowest BCUT2D eigenvalue weighted by Crippen LogP contribution is -2.37. The topological polar surface area (TPSA) is 63.3 Å². The van der Waals surface area contributed by atoms with E-state index in [-0.39, 0.29) is 0 Å². The van der Waals surface area contributed by atoms with Crippen molar-refractivity contribution in [2.75, 3.05) is 6.54 Å². The summed E-state index contributed by atoms with van der Waals surface area (Å²) >= 11 is 1.69. The number of aromatic nitrogens is 1. The molecule has 1 aromatic carbocycles. The van der Waals surface area contributed by atoms with E-state index in [0.717, 1.165) is 28.7 Å². The average molecular weight is 314 g/mol. The van der Waals surface area contributed by atoms with Crippen molar-refractivity contribution in [1.29, 1.82) is 0 Å². The Morgan fingerprint density at radius 1 is 1.36 bits per heavy atom. The highest BCUT2D eigenvalue weighted by molar-refractivity contribution is 7.15. The summed E-state index contributed by atoms with van der Waals surface area (Å²) in [6.45, 7) is 3.58. The zero-order valence-corrected chi connectivity index (χ0v) is 13.7. The molecule has 0 atom stereocenters. The molecular weight excluding hydrogens is 292 g/mol. The van der Waals surface area contributed by atoms with E-state index >= 15 is 0 Å². The van der Waals surface area contributed by atoms with Crippen molar-refractivity contribution in [1.82, 2.24) is 10.3 Å². The minimum atomic E-state index is 0.543. The predicted molar refractivity (Wildman–Crippen MR) is 93.0 cm³/mol. The highest BCUT2D eigenvalue weighted by Gasteiger charge is 2.16. The first-order chi connectivity index (χ1) is 10.7. The normalized spacial score (nSPS) is 15.6. The number of guanidine groups is 1. The summed E-state index contributed by atoms with van der Waals surface area (Å²) in [7, 11) is 0. The molecule has 3 N–H and O–H groups in total. The van der Waals surface area contributed by atoms with Crippen molar-refractivity contribution < 1.29 is 0 Å². The number of aliphatic imine (C=N–C) groups is 1. The molecule has 0 spiro atoms. The van der Waals surface area contributed by atoms with E-state index in [2.05, 4.69) is 27.4 Å². The Morgan fingerprint density at radius 2 is 2.14 bits per heavy atom. The smallest absolute Gasteiger partial charge is 0.188 e. The third-order valence-corrected chi connectivity index (χ3v) is 5.29. The van der Waals surface area contributed by atoms with Crippen LogP contribution in [0.1, 0.15) is 29.8 Å². The van der Waals surface area contributed by atoms with Crippen molar-refractivity contribution >= 4 is 17.3 Å². The van der Waals surface area contributed by atoms with E-state index in [1.165, 1.54) is 24.1 Å². The summed E-state index contributed by atoms with van der Waals surface area (Å²) < 4.78 is 0. The summed E-state index contributed by atoms with van der Waals surface area (Å²) in [6, 6.07) is 10.3. The fraction of sp³-hybridized carbons (Fsp3) is 0.412. The number of nitrogens with zero attached hydrogens (tertiary/aromatic N) is 2. The summed E-state index contributed by atoms with van der Waals surface area (Å²) in [5, 5.41) is 4.27. The second kappa shape index (κ2) is 6.92. The third-order valence-electron chi connectivity index (χ3n) is 4.10. The Morgan fingerprint density at radius 3 is 2.82 bits per heavy atom. The molecule has 3 rings (SSSR count). The van der Waals surface area contributed by atoms with Gasteiger partial charge < -0.3 is 11.1 Å². The Bertz CT molecular complexity index is 644. The zero-order valence-electron chi connectivity index (χ0n) is 12.9. The molecule has 1 fully saturated rings. The van der Waals surface area contributed by atoms with E-state index in [0.29, 0.717) is 12.5 Å². The standard InChI is InChI=1S/C17H22N4S/c1-12-15(11-20-17(18)19-10-13-6-5-7-13)22-16(21-12)14-8-3-2-4-9-14/h2-4,8-9,13H,5-7,10-11H2,1H3,(H3,18,19,20).